The van der Waals surface area contributed by atoms with Gasteiger partial charge in [0.05, 0.1) is 37.5 Å². The summed E-state index contributed by atoms with van der Waals surface area (Å²) in [5.41, 5.74) is 0.253. The Morgan fingerprint density at radius 1 is 0.914 bits per heavy atom. The summed E-state index contributed by atoms with van der Waals surface area (Å²) < 4.78 is 48.0. The van der Waals surface area contributed by atoms with E-state index in [0.29, 0.717) is 30.3 Å². The summed E-state index contributed by atoms with van der Waals surface area (Å²) in [4.78, 5) is 24.8. The number of methoxy groups -OCH3 is 3. The molecule has 0 saturated carbocycles. The first-order chi connectivity index (χ1) is 16.8. The zero-order chi connectivity index (χ0) is 25.4. The number of carbonyl (C=O) groups is 2. The lowest BCUT2D eigenvalue weighted by Crippen LogP contribution is -2.31. The third-order valence-electron chi connectivity index (χ3n) is 5.60. The van der Waals surface area contributed by atoms with Crippen LogP contribution < -0.4 is 19.5 Å². The van der Waals surface area contributed by atoms with E-state index in [1.807, 2.05) is 0 Å². The van der Waals surface area contributed by atoms with Crippen LogP contribution in [0.5, 0.6) is 17.2 Å². The predicted octanol–water partition coefficient (Wildman–Crippen LogP) is 3.07. The lowest BCUT2D eigenvalue weighted by atomic mass is 10.1. The molecule has 1 N–H and O–H groups in total. The van der Waals surface area contributed by atoms with Gasteiger partial charge in [-0.25, -0.2) is 13.2 Å². The van der Waals surface area contributed by atoms with Crippen LogP contribution in [0.15, 0.2) is 41.3 Å². The second kappa shape index (κ2) is 11.9. The average molecular weight is 507 g/mol. The van der Waals surface area contributed by atoms with Gasteiger partial charge in [-0.05, 0) is 37.1 Å². The van der Waals surface area contributed by atoms with Crippen molar-refractivity contribution < 1.29 is 37.0 Å². The smallest absolute Gasteiger partial charge is 0.340 e. The van der Waals surface area contributed by atoms with Crippen molar-refractivity contribution in [2.24, 2.45) is 0 Å². The van der Waals surface area contributed by atoms with Crippen molar-refractivity contribution in [3.8, 4) is 17.2 Å². The van der Waals surface area contributed by atoms with E-state index in [1.165, 1.54) is 62.0 Å². The minimum atomic E-state index is -3.57. The zero-order valence-electron chi connectivity index (χ0n) is 20.0. The van der Waals surface area contributed by atoms with Gasteiger partial charge >= 0.3 is 5.97 Å². The van der Waals surface area contributed by atoms with Crippen molar-refractivity contribution in [3.05, 3.63) is 42.0 Å². The van der Waals surface area contributed by atoms with Crippen molar-refractivity contribution in [2.75, 3.05) is 46.3 Å². The Balaban J connectivity index is 1.66. The number of nitrogens with zero attached hydrogens (tertiary/aromatic N) is 1. The molecule has 0 unspecified atom stereocenters. The molecular weight excluding hydrogens is 476 g/mol. The van der Waals surface area contributed by atoms with E-state index < -0.39 is 21.9 Å². The van der Waals surface area contributed by atoms with Gasteiger partial charge in [-0.15, -0.1) is 0 Å². The van der Waals surface area contributed by atoms with Gasteiger partial charge in [-0.1, -0.05) is 12.8 Å². The van der Waals surface area contributed by atoms with Crippen molar-refractivity contribution in [2.45, 2.75) is 30.6 Å². The SMILES string of the molecule is COC(=O)c1cc(OC)c(OC)cc1NC(=O)COc1ccc(S(=O)(=O)N2CCCCCC2)cc1. The Morgan fingerprint density at radius 3 is 2.09 bits per heavy atom. The Morgan fingerprint density at radius 2 is 1.51 bits per heavy atom. The molecule has 1 heterocycles. The van der Waals surface area contributed by atoms with Gasteiger partial charge in [0.15, 0.2) is 18.1 Å². The van der Waals surface area contributed by atoms with Gasteiger partial charge in [-0.2, -0.15) is 4.31 Å². The largest absolute Gasteiger partial charge is 0.493 e. The zero-order valence-corrected chi connectivity index (χ0v) is 20.9. The molecule has 1 aliphatic heterocycles. The molecule has 0 spiro atoms. The first-order valence-electron chi connectivity index (χ1n) is 11.2. The van der Waals surface area contributed by atoms with Crippen LogP contribution in [-0.2, 0) is 19.6 Å². The normalized spacial score (nSPS) is 14.5. The Bertz CT molecular complexity index is 1140. The molecule has 0 aromatic heterocycles. The van der Waals surface area contributed by atoms with Crippen LogP contribution in [0, 0.1) is 0 Å². The van der Waals surface area contributed by atoms with Crippen LogP contribution in [0.4, 0.5) is 5.69 Å². The van der Waals surface area contributed by atoms with Crippen LogP contribution in [0.25, 0.3) is 0 Å². The molecule has 11 heteroatoms. The van der Waals surface area contributed by atoms with Crippen LogP contribution >= 0.6 is 0 Å². The van der Waals surface area contributed by atoms with E-state index in [-0.39, 0.29) is 22.8 Å². The van der Waals surface area contributed by atoms with Crippen molar-refractivity contribution in [1.29, 1.82) is 0 Å². The van der Waals surface area contributed by atoms with Gasteiger partial charge < -0.3 is 24.3 Å². The highest BCUT2D eigenvalue weighted by atomic mass is 32.2. The molecule has 10 nitrogen and oxygen atoms in total. The standard InChI is InChI=1S/C24H30N2O8S/c1-31-21-14-19(24(28)33-3)20(15-22(21)32-2)25-23(27)16-34-17-8-10-18(11-9-17)35(29,30)26-12-6-4-5-7-13-26/h8-11,14-15H,4-7,12-13,16H2,1-3H3,(H,25,27). The summed E-state index contributed by atoms with van der Waals surface area (Å²) >= 11 is 0. The number of nitrogens with one attached hydrogen (secondary N) is 1. The maximum atomic E-state index is 12.9. The molecule has 190 valence electrons. The van der Waals surface area contributed by atoms with Crippen molar-refractivity contribution in [1.82, 2.24) is 4.31 Å². The van der Waals surface area contributed by atoms with E-state index in [2.05, 4.69) is 5.32 Å². The van der Waals surface area contributed by atoms with E-state index in [1.54, 1.807) is 0 Å². The van der Waals surface area contributed by atoms with E-state index in [0.717, 1.165) is 25.7 Å². The highest BCUT2D eigenvalue weighted by Crippen LogP contribution is 2.33. The highest BCUT2D eigenvalue weighted by Gasteiger charge is 2.25. The second-order valence-corrected chi connectivity index (χ2v) is 9.81. The quantitative estimate of drug-likeness (QED) is 0.515. The number of carbonyl (C=O) groups excluding carboxylic acids is 2. The monoisotopic (exact) mass is 506 g/mol. The number of ether oxygens (including phenoxy) is 4. The maximum absolute atomic E-state index is 12.9. The van der Waals surface area contributed by atoms with Crippen LogP contribution in [0.3, 0.4) is 0 Å². The summed E-state index contributed by atoms with van der Waals surface area (Å²) in [6.07, 6.45) is 3.77. The molecule has 0 atom stereocenters. The Labute approximate surface area is 205 Å². The number of amides is 1. The molecule has 0 aliphatic carbocycles. The molecule has 0 bridgehead atoms. The van der Waals surface area contributed by atoms with Crippen LogP contribution in [0.1, 0.15) is 36.0 Å². The number of rotatable bonds is 9. The first-order valence-corrected chi connectivity index (χ1v) is 12.6. The predicted molar refractivity (Wildman–Crippen MR) is 129 cm³/mol. The van der Waals surface area contributed by atoms with Gasteiger partial charge in [0.1, 0.15) is 5.75 Å². The van der Waals surface area contributed by atoms with E-state index >= 15 is 0 Å². The lowest BCUT2D eigenvalue weighted by Gasteiger charge is -2.20. The summed E-state index contributed by atoms with van der Waals surface area (Å²) in [7, 11) is 0.515. The number of esters is 1. The molecule has 1 fully saturated rings. The fourth-order valence-corrected chi connectivity index (χ4v) is 5.25. The molecule has 1 aliphatic rings. The molecule has 1 saturated heterocycles. The van der Waals surface area contributed by atoms with E-state index in [4.69, 9.17) is 18.9 Å². The molecule has 3 rings (SSSR count). The number of sulfonamides is 1. The lowest BCUT2D eigenvalue weighted by molar-refractivity contribution is -0.118. The summed E-state index contributed by atoms with van der Waals surface area (Å²) in [6, 6.07) is 8.81. The summed E-state index contributed by atoms with van der Waals surface area (Å²) in [5, 5.41) is 2.60. The van der Waals surface area contributed by atoms with Crippen LogP contribution in [0.2, 0.25) is 0 Å². The third-order valence-corrected chi connectivity index (χ3v) is 7.51. The van der Waals surface area contributed by atoms with Gasteiger partial charge in [-0.3, -0.25) is 4.79 Å². The van der Waals surface area contributed by atoms with Gasteiger partial charge in [0.2, 0.25) is 10.0 Å². The molecule has 2 aromatic carbocycles. The maximum Gasteiger partial charge on any atom is 0.340 e. The third kappa shape index (κ3) is 6.43. The molecule has 1 amide bonds. The first kappa shape index (κ1) is 26.3. The Kier molecular flexibility index (Phi) is 8.94. The van der Waals surface area contributed by atoms with E-state index in [9.17, 15) is 18.0 Å². The fourth-order valence-electron chi connectivity index (χ4n) is 3.74. The van der Waals surface area contributed by atoms with Gasteiger partial charge in [0.25, 0.3) is 5.91 Å². The number of benzene rings is 2. The minimum Gasteiger partial charge on any atom is -0.493 e. The van der Waals surface area contributed by atoms with Crippen molar-refractivity contribution in [3.63, 3.8) is 0 Å². The molecule has 35 heavy (non-hydrogen) atoms. The second-order valence-electron chi connectivity index (χ2n) is 7.87. The number of hydrogen-bond donors (Lipinski definition) is 1. The number of hydrogen-bond acceptors (Lipinski definition) is 8. The average Bonchev–Trinajstić information content (AvgIpc) is 3.17. The molecular formula is C24H30N2O8S. The minimum absolute atomic E-state index is 0.0848. The van der Waals surface area contributed by atoms with Crippen LogP contribution in [-0.4, -0.2) is 65.6 Å². The van der Waals surface area contributed by atoms with Crippen molar-refractivity contribution >= 4 is 27.6 Å². The highest BCUT2D eigenvalue weighted by molar-refractivity contribution is 7.89. The topological polar surface area (TPSA) is 120 Å². The fraction of sp³-hybridized carbons (Fsp3) is 0.417. The summed E-state index contributed by atoms with van der Waals surface area (Å²) in [6.45, 7) is 0.669. The summed E-state index contributed by atoms with van der Waals surface area (Å²) in [5.74, 6) is -0.252. The Hall–Kier alpha value is -3.31. The number of anilines is 1. The molecule has 0 radical (unpaired) electrons. The molecule has 2 aromatic rings. The van der Waals surface area contributed by atoms with Gasteiger partial charge in [0, 0.05) is 25.2 Å².